The first-order chi connectivity index (χ1) is 52.4. The van der Waals surface area contributed by atoms with E-state index in [0.29, 0.717) is 0 Å². The van der Waals surface area contributed by atoms with Gasteiger partial charge in [0, 0.05) is 146 Å². The third-order valence-electron chi connectivity index (χ3n) is 17.4. The zero-order valence-corrected chi connectivity index (χ0v) is 69.9. The zero-order valence-electron chi connectivity index (χ0n) is 60.4. The molecule has 0 N–H and O–H groups in total. The number of hydrogen-bond donors (Lipinski definition) is 0. The summed E-state index contributed by atoms with van der Waals surface area (Å²) in [4.78, 5) is 30.7. The molecule has 0 saturated heterocycles. The SMILES string of the molecule is Cc1cc(-c2[c-]cccc2)ncc1-c1ccccc1.Cc1cc(-c2ccccn2)ncc1-c1ccccc1.Cc1ccccc1-c1ccnc(-c2[c-]cccc2)c1.[Ir].[Ir].[Ir].[Ir].[c-]1ccc(-n2c3ccccc3c3ccccc32)cc1-c1ccccn1.[c-]1ccccc1-c1ccccn1.[c-]1ccccc1-c1ccccn1. The van der Waals surface area contributed by atoms with Crippen LogP contribution in [0.3, 0.4) is 0 Å². The van der Waals surface area contributed by atoms with Crippen LogP contribution in [-0.4, -0.2) is 39.5 Å². The third-order valence-corrected chi connectivity index (χ3v) is 17.4. The number of benzene rings is 10. The Morgan fingerprint density at radius 2 is 0.591 bits per heavy atom. The molecule has 8 nitrogen and oxygen atoms in total. The molecule has 0 unspecified atom stereocenters. The molecule has 110 heavy (non-hydrogen) atoms. The van der Waals surface area contributed by atoms with Gasteiger partial charge >= 0.3 is 0 Å². The van der Waals surface area contributed by atoms with Crippen LogP contribution in [0.5, 0.6) is 0 Å². The van der Waals surface area contributed by atoms with Crippen molar-refractivity contribution in [2.45, 2.75) is 20.8 Å². The van der Waals surface area contributed by atoms with Crippen LogP contribution in [0.1, 0.15) is 16.7 Å². The van der Waals surface area contributed by atoms with E-state index in [1.54, 1.807) is 18.6 Å². The van der Waals surface area contributed by atoms with Crippen LogP contribution < -0.4 is 0 Å². The molecule has 0 aliphatic carbocycles. The van der Waals surface area contributed by atoms with Gasteiger partial charge in [0.25, 0.3) is 0 Å². The van der Waals surface area contributed by atoms with Gasteiger partial charge < -0.3 is 29.5 Å². The molecular formula is C98H73Ir4N8-5. The van der Waals surface area contributed by atoms with Crippen LogP contribution in [0.25, 0.3) is 129 Å². The Hall–Kier alpha value is -11.4. The maximum atomic E-state index is 4.55. The summed E-state index contributed by atoms with van der Waals surface area (Å²) in [5, 5.41) is 2.54. The second-order valence-corrected chi connectivity index (χ2v) is 24.5. The van der Waals surface area contributed by atoms with Crippen LogP contribution in [0.15, 0.2) is 389 Å². The van der Waals surface area contributed by atoms with E-state index < -0.39 is 0 Å². The van der Waals surface area contributed by atoms with Gasteiger partial charge in [0.2, 0.25) is 0 Å². The maximum absolute atomic E-state index is 4.55. The number of para-hydroxylation sites is 2. The average Bonchev–Trinajstić information content (AvgIpc) is 1.58. The van der Waals surface area contributed by atoms with Gasteiger partial charge in [0.15, 0.2) is 0 Å². The Bertz CT molecular complexity index is 5400. The molecule has 0 aliphatic heterocycles. The van der Waals surface area contributed by atoms with Crippen molar-refractivity contribution < 1.29 is 80.4 Å². The summed E-state index contributed by atoms with van der Waals surface area (Å²) in [6.07, 6.45) is 12.9. The molecular weight excluding hydrogens is 2060 g/mol. The first-order valence-electron chi connectivity index (χ1n) is 35.0. The van der Waals surface area contributed by atoms with E-state index in [1.165, 1.54) is 71.9 Å². The third kappa shape index (κ3) is 22.2. The molecule has 0 atom stereocenters. The van der Waals surface area contributed by atoms with Gasteiger partial charge in [-0.2, -0.15) is 0 Å². The molecule has 546 valence electrons. The summed E-state index contributed by atoms with van der Waals surface area (Å²) in [5.74, 6) is 0. The number of hydrogen-bond acceptors (Lipinski definition) is 7. The topological polar surface area (TPSA) is 95.2 Å². The molecule has 0 spiro atoms. The van der Waals surface area contributed by atoms with E-state index in [2.05, 4.69) is 224 Å². The number of pyridine rings is 7. The fraction of sp³-hybridized carbons (Fsp3) is 0.0306. The average molecular weight is 2130 g/mol. The van der Waals surface area contributed by atoms with Crippen molar-refractivity contribution in [3.63, 3.8) is 0 Å². The Labute approximate surface area is 699 Å². The smallest absolute Gasteiger partial charge is 0.0889 e. The monoisotopic (exact) mass is 2130 g/mol. The fourth-order valence-corrected chi connectivity index (χ4v) is 12.1. The number of rotatable bonds is 10. The van der Waals surface area contributed by atoms with Crippen molar-refractivity contribution in [1.29, 1.82) is 0 Å². The number of aromatic nitrogens is 8. The number of nitrogens with zero attached hydrogens (tertiary/aromatic N) is 8. The van der Waals surface area contributed by atoms with E-state index in [4.69, 9.17) is 0 Å². The van der Waals surface area contributed by atoms with Gasteiger partial charge in [-0.25, -0.2) is 0 Å². The minimum absolute atomic E-state index is 0. The summed E-state index contributed by atoms with van der Waals surface area (Å²) >= 11 is 0. The molecule has 18 aromatic rings. The molecule has 4 radical (unpaired) electrons. The molecule has 12 heteroatoms. The second-order valence-electron chi connectivity index (χ2n) is 24.5. The van der Waals surface area contributed by atoms with Crippen LogP contribution >= 0.6 is 0 Å². The quantitative estimate of drug-likeness (QED) is 0.126. The summed E-state index contributed by atoms with van der Waals surface area (Å²) in [6.45, 7) is 6.36. The van der Waals surface area contributed by atoms with Gasteiger partial charge in [-0.1, -0.05) is 176 Å². The summed E-state index contributed by atoms with van der Waals surface area (Å²) in [7, 11) is 0. The zero-order chi connectivity index (χ0) is 72.3. The van der Waals surface area contributed by atoms with E-state index in [9.17, 15) is 0 Å². The first-order valence-corrected chi connectivity index (χ1v) is 35.0. The van der Waals surface area contributed by atoms with Crippen LogP contribution in [0.4, 0.5) is 0 Å². The Kier molecular flexibility index (Phi) is 32.3. The normalized spacial score (nSPS) is 10.0. The number of aryl methyl sites for hydroxylation is 3. The molecule has 8 aromatic heterocycles. The first kappa shape index (κ1) is 82.7. The standard InChI is InChI=1S/C23H15N2.2C18H14N.C17H14N2.2C11H8N.4Ir/c1-3-13-22-19(10-1)20-11-2-4-14-23(20)25(22)18-9-7-8-17(16-18)21-12-5-6-15-24-21;1-14-12-18(16-10-6-3-7-11-16)19-13-17(14)15-8-4-2-5-9-15;1-14-7-5-6-10-17(14)16-11-12-19-18(13-16)15-8-3-2-4-9-15;1-13-11-17(16-9-5-6-10-18-16)19-12-15(13)14-7-3-2-4-8-14;2*1-2-6-10(7-3-1)11-8-4-5-9-12-11;;;;/h1-7,9-16H;2-10,12-13H,1H3;2-8,10-13H,1H3;2-12H,1H3;2*1-6,8-9H;;;;/q3*-1;;2*-1;;;;. The van der Waals surface area contributed by atoms with Crippen molar-refractivity contribution in [3.05, 3.63) is 436 Å². The van der Waals surface area contributed by atoms with E-state index in [1.807, 2.05) is 237 Å². The van der Waals surface area contributed by atoms with Crippen LogP contribution in [0, 0.1) is 51.1 Å². The van der Waals surface area contributed by atoms with E-state index in [-0.39, 0.29) is 80.4 Å². The minimum atomic E-state index is 0. The molecule has 0 saturated carbocycles. The van der Waals surface area contributed by atoms with E-state index in [0.717, 1.165) is 73.4 Å². The van der Waals surface area contributed by atoms with Crippen LogP contribution in [0.2, 0.25) is 0 Å². The number of fused-ring (bicyclic) bond motifs is 3. The van der Waals surface area contributed by atoms with Crippen molar-refractivity contribution >= 4 is 21.8 Å². The predicted octanol–water partition coefficient (Wildman–Crippen LogP) is 23.9. The van der Waals surface area contributed by atoms with Crippen molar-refractivity contribution in [2.24, 2.45) is 0 Å². The molecule has 0 amide bonds. The fourth-order valence-electron chi connectivity index (χ4n) is 12.1. The Balaban J connectivity index is 0.000000153. The summed E-state index contributed by atoms with van der Waals surface area (Å²) in [6, 6.07) is 132. The summed E-state index contributed by atoms with van der Waals surface area (Å²) < 4.78 is 2.31. The molecule has 8 heterocycles. The van der Waals surface area contributed by atoms with Gasteiger partial charge in [0.05, 0.1) is 22.4 Å². The molecule has 0 fully saturated rings. The van der Waals surface area contributed by atoms with E-state index >= 15 is 0 Å². The Morgan fingerprint density at radius 1 is 0.227 bits per heavy atom. The van der Waals surface area contributed by atoms with Gasteiger partial charge in [-0.05, 0) is 148 Å². The van der Waals surface area contributed by atoms with Crippen molar-refractivity contribution in [2.75, 3.05) is 0 Å². The van der Waals surface area contributed by atoms with Crippen molar-refractivity contribution in [1.82, 2.24) is 39.5 Å². The second kappa shape index (κ2) is 43.0. The molecule has 10 aromatic carbocycles. The van der Waals surface area contributed by atoms with Crippen molar-refractivity contribution in [3.8, 4) is 107 Å². The largest absolute Gasteiger partial charge is 0.327 e. The molecule has 0 bridgehead atoms. The summed E-state index contributed by atoms with van der Waals surface area (Å²) in [5.41, 5.74) is 26.2. The minimum Gasteiger partial charge on any atom is -0.327 e. The van der Waals surface area contributed by atoms with Crippen LogP contribution in [-0.2, 0) is 80.4 Å². The van der Waals surface area contributed by atoms with Gasteiger partial charge in [0.1, 0.15) is 0 Å². The maximum Gasteiger partial charge on any atom is 0.0889 e. The Morgan fingerprint density at radius 3 is 1.03 bits per heavy atom. The molecule has 0 aliphatic rings. The van der Waals surface area contributed by atoms with Gasteiger partial charge in [-0.3, -0.25) is 9.97 Å². The predicted molar refractivity (Wildman–Crippen MR) is 435 cm³/mol. The molecule has 18 rings (SSSR count). The van der Waals surface area contributed by atoms with Gasteiger partial charge in [-0.15, -0.1) is 173 Å².